The summed E-state index contributed by atoms with van der Waals surface area (Å²) >= 11 is 0. The Kier molecular flexibility index (Phi) is 4.69. The zero-order valence-electron chi connectivity index (χ0n) is 14.5. The largest absolute Gasteiger partial charge is 0.375 e. The van der Waals surface area contributed by atoms with Gasteiger partial charge in [0.15, 0.2) is 0 Å². The Morgan fingerprint density at radius 2 is 2.00 bits per heavy atom. The van der Waals surface area contributed by atoms with Gasteiger partial charge >= 0.3 is 0 Å². The summed E-state index contributed by atoms with van der Waals surface area (Å²) in [6, 6.07) is 4.34. The van der Waals surface area contributed by atoms with Crippen molar-refractivity contribution in [2.45, 2.75) is 52.3 Å². The van der Waals surface area contributed by atoms with Gasteiger partial charge in [-0.2, -0.15) is 0 Å². The lowest BCUT2D eigenvalue weighted by molar-refractivity contribution is -0.0683. The maximum atomic E-state index is 12.5. The van der Waals surface area contributed by atoms with Gasteiger partial charge in [-0.25, -0.2) is 0 Å². The van der Waals surface area contributed by atoms with Crippen LogP contribution in [0.3, 0.4) is 0 Å². The van der Waals surface area contributed by atoms with Gasteiger partial charge in [-0.15, -0.1) is 0 Å². The van der Waals surface area contributed by atoms with E-state index in [0.717, 1.165) is 37.5 Å². The van der Waals surface area contributed by atoms with Crippen LogP contribution in [-0.4, -0.2) is 53.7 Å². The monoisotopic (exact) mass is 317 g/mol. The van der Waals surface area contributed by atoms with E-state index in [0.29, 0.717) is 23.6 Å². The highest BCUT2D eigenvalue weighted by Crippen LogP contribution is 2.26. The first-order valence-corrected chi connectivity index (χ1v) is 8.54. The van der Waals surface area contributed by atoms with E-state index in [9.17, 15) is 4.79 Å². The number of amides is 1. The predicted molar refractivity (Wildman–Crippen MR) is 89.5 cm³/mol. The van der Waals surface area contributed by atoms with Gasteiger partial charge < -0.3 is 10.1 Å². The van der Waals surface area contributed by atoms with Crippen LogP contribution in [0, 0.1) is 19.8 Å². The van der Waals surface area contributed by atoms with Gasteiger partial charge in [-0.1, -0.05) is 13.8 Å². The molecule has 0 aliphatic carbocycles. The second-order valence-corrected chi connectivity index (χ2v) is 7.27. The number of aromatic nitrogens is 1. The lowest BCUT2D eigenvalue weighted by Crippen LogP contribution is -2.48. The summed E-state index contributed by atoms with van der Waals surface area (Å²) in [5.74, 6) is 0.539. The maximum absolute atomic E-state index is 12.5. The van der Waals surface area contributed by atoms with Crippen molar-refractivity contribution in [3.8, 4) is 0 Å². The average Bonchev–Trinajstić information content (AvgIpc) is 2.87. The van der Waals surface area contributed by atoms with E-state index in [1.807, 2.05) is 26.0 Å². The Labute approximate surface area is 138 Å². The molecule has 1 aromatic heterocycles. The molecule has 126 valence electrons. The molecule has 2 saturated heterocycles. The molecule has 2 aliphatic rings. The van der Waals surface area contributed by atoms with Crippen molar-refractivity contribution in [2.75, 3.05) is 19.7 Å². The van der Waals surface area contributed by atoms with Crippen LogP contribution in [0.2, 0.25) is 0 Å². The summed E-state index contributed by atoms with van der Waals surface area (Å²) in [7, 11) is 0. The van der Waals surface area contributed by atoms with Gasteiger partial charge in [0.25, 0.3) is 5.91 Å². The summed E-state index contributed by atoms with van der Waals surface area (Å²) in [5, 5.41) is 3.19. The number of carbonyl (C=O) groups is 1. The molecule has 0 bridgehead atoms. The number of hydrogen-bond donors (Lipinski definition) is 1. The number of rotatable bonds is 3. The van der Waals surface area contributed by atoms with Crippen molar-refractivity contribution in [1.82, 2.24) is 15.2 Å². The van der Waals surface area contributed by atoms with E-state index in [1.165, 1.54) is 0 Å². The molecule has 3 rings (SSSR count). The lowest BCUT2D eigenvalue weighted by Gasteiger charge is -2.36. The van der Waals surface area contributed by atoms with Crippen LogP contribution in [0.15, 0.2) is 12.1 Å². The van der Waals surface area contributed by atoms with Gasteiger partial charge in [-0.3, -0.25) is 14.7 Å². The second kappa shape index (κ2) is 6.57. The molecule has 5 nitrogen and oxygen atoms in total. The van der Waals surface area contributed by atoms with Crippen LogP contribution in [-0.2, 0) is 4.74 Å². The Morgan fingerprint density at radius 3 is 2.65 bits per heavy atom. The van der Waals surface area contributed by atoms with Crippen LogP contribution in [0.4, 0.5) is 0 Å². The zero-order valence-corrected chi connectivity index (χ0v) is 14.5. The third kappa shape index (κ3) is 3.72. The summed E-state index contributed by atoms with van der Waals surface area (Å²) in [4.78, 5) is 19.3. The van der Waals surface area contributed by atoms with Crippen molar-refractivity contribution in [1.29, 1.82) is 0 Å². The number of aryl methyl sites for hydroxylation is 2. The van der Waals surface area contributed by atoms with Crippen LogP contribution in [0.5, 0.6) is 0 Å². The number of nitrogens with one attached hydrogen (secondary N) is 1. The predicted octanol–water partition coefficient (Wildman–Crippen LogP) is 1.93. The molecule has 0 saturated carbocycles. The number of fused-ring (bicyclic) bond motifs is 1. The molecule has 3 heterocycles. The highest BCUT2D eigenvalue weighted by molar-refractivity contribution is 5.94. The number of ether oxygens (including phenoxy) is 1. The summed E-state index contributed by atoms with van der Waals surface area (Å²) in [5.41, 5.74) is 2.47. The van der Waals surface area contributed by atoms with Crippen LogP contribution in [0.1, 0.15) is 42.0 Å². The number of carbonyl (C=O) groups excluding carboxylic acids is 1. The third-order valence-corrected chi connectivity index (χ3v) is 4.87. The number of morpholine rings is 1. The van der Waals surface area contributed by atoms with Gasteiger partial charge in [-0.05, 0) is 38.3 Å². The Bertz CT molecular complexity index is 567. The van der Waals surface area contributed by atoms with E-state index >= 15 is 0 Å². The average molecular weight is 317 g/mol. The highest BCUT2D eigenvalue weighted by Gasteiger charge is 2.38. The van der Waals surface area contributed by atoms with Crippen LogP contribution < -0.4 is 5.32 Å². The molecular formula is C18H27N3O2. The molecule has 23 heavy (non-hydrogen) atoms. The van der Waals surface area contributed by atoms with E-state index in [4.69, 9.17) is 4.74 Å². The molecule has 1 aromatic rings. The van der Waals surface area contributed by atoms with Gasteiger partial charge in [0, 0.05) is 42.1 Å². The fourth-order valence-corrected chi connectivity index (χ4v) is 3.64. The summed E-state index contributed by atoms with van der Waals surface area (Å²) in [6.07, 6.45) is 1.28. The molecule has 0 unspecified atom stereocenters. The summed E-state index contributed by atoms with van der Waals surface area (Å²) < 4.78 is 5.96. The highest BCUT2D eigenvalue weighted by atomic mass is 16.5. The molecule has 0 spiro atoms. The van der Waals surface area contributed by atoms with Crippen molar-refractivity contribution >= 4 is 5.91 Å². The Hall–Kier alpha value is -1.46. The molecule has 1 N–H and O–H groups in total. The minimum absolute atomic E-state index is 0.00442. The number of hydrogen-bond acceptors (Lipinski definition) is 4. The molecular weight excluding hydrogens is 290 g/mol. The quantitative estimate of drug-likeness (QED) is 0.925. The first-order chi connectivity index (χ1) is 10.9. The zero-order chi connectivity index (χ0) is 16.6. The van der Waals surface area contributed by atoms with Gasteiger partial charge in [0.05, 0.1) is 12.7 Å². The fraction of sp³-hybridized carbons (Fsp3) is 0.667. The molecule has 0 aromatic carbocycles. The van der Waals surface area contributed by atoms with E-state index < -0.39 is 0 Å². The van der Waals surface area contributed by atoms with E-state index in [2.05, 4.69) is 29.0 Å². The number of nitrogens with zero attached hydrogens (tertiary/aromatic N) is 2. The summed E-state index contributed by atoms with van der Waals surface area (Å²) in [6.45, 7) is 10.9. The molecule has 5 heteroatoms. The second-order valence-electron chi connectivity index (χ2n) is 7.27. The Morgan fingerprint density at radius 1 is 1.30 bits per heavy atom. The molecule has 2 fully saturated rings. The van der Waals surface area contributed by atoms with Crippen molar-refractivity contribution in [3.63, 3.8) is 0 Å². The SMILES string of the molecule is Cc1cc(C(=O)N[C@H]2C[C@H]3CO[C@H](C(C)C)CN3C2)cc(C)n1. The van der Waals surface area contributed by atoms with Crippen LogP contribution >= 0.6 is 0 Å². The van der Waals surface area contributed by atoms with Crippen molar-refractivity contribution < 1.29 is 9.53 Å². The molecule has 1 amide bonds. The van der Waals surface area contributed by atoms with E-state index in [-0.39, 0.29) is 11.9 Å². The minimum atomic E-state index is 0.00442. The van der Waals surface area contributed by atoms with Crippen molar-refractivity contribution in [2.24, 2.45) is 5.92 Å². The fourth-order valence-electron chi connectivity index (χ4n) is 3.64. The number of pyridine rings is 1. The molecule has 0 radical (unpaired) electrons. The molecule has 2 aliphatic heterocycles. The lowest BCUT2D eigenvalue weighted by atomic mass is 10.0. The van der Waals surface area contributed by atoms with Gasteiger partial charge in [0.2, 0.25) is 0 Å². The Balaban J connectivity index is 1.60. The van der Waals surface area contributed by atoms with E-state index in [1.54, 1.807) is 0 Å². The third-order valence-electron chi connectivity index (χ3n) is 4.87. The standard InChI is InChI=1S/C18H27N3O2/c1-11(2)17-9-21-8-15(7-16(21)10-23-17)20-18(22)14-5-12(3)19-13(4)6-14/h5-6,11,15-17H,7-10H2,1-4H3,(H,20,22)/t15-,16-,17-/m0/s1. The first kappa shape index (κ1) is 16.4. The first-order valence-electron chi connectivity index (χ1n) is 8.54. The normalized spacial score (nSPS) is 28.0. The topological polar surface area (TPSA) is 54.5 Å². The smallest absolute Gasteiger partial charge is 0.251 e. The maximum Gasteiger partial charge on any atom is 0.251 e. The van der Waals surface area contributed by atoms with Gasteiger partial charge in [0.1, 0.15) is 0 Å². The molecule has 3 atom stereocenters. The van der Waals surface area contributed by atoms with Crippen LogP contribution in [0.25, 0.3) is 0 Å². The minimum Gasteiger partial charge on any atom is -0.375 e. The van der Waals surface area contributed by atoms with Crippen molar-refractivity contribution in [3.05, 3.63) is 29.1 Å².